The van der Waals surface area contributed by atoms with Crippen LogP contribution in [-0.2, 0) is 25.8 Å². The van der Waals surface area contributed by atoms with Gasteiger partial charge in [-0.05, 0) is 65.0 Å². The normalized spacial score (nSPS) is 13.5. The van der Waals surface area contributed by atoms with E-state index >= 15 is 0 Å². The van der Waals surface area contributed by atoms with Gasteiger partial charge < -0.3 is 14.3 Å². The zero-order valence-corrected chi connectivity index (χ0v) is 21.4. The van der Waals surface area contributed by atoms with Gasteiger partial charge in [0.1, 0.15) is 11.4 Å². The third-order valence-electron chi connectivity index (χ3n) is 5.77. The first-order valence-corrected chi connectivity index (χ1v) is 13.5. The first-order chi connectivity index (χ1) is 12.9. The van der Waals surface area contributed by atoms with Crippen LogP contribution in [0.4, 0.5) is 0 Å². The van der Waals surface area contributed by atoms with Crippen LogP contribution < -0.4 is 0 Å². The summed E-state index contributed by atoms with van der Waals surface area (Å²) in [6, 6.07) is 3.75. The van der Waals surface area contributed by atoms with Crippen molar-refractivity contribution in [2.24, 2.45) is 0 Å². The summed E-state index contributed by atoms with van der Waals surface area (Å²) in [4.78, 5) is 12.5. The second-order valence-corrected chi connectivity index (χ2v) is 16.1. The molecule has 0 heterocycles. The molecule has 1 aromatic rings. The fraction of sp³-hybridized carbons (Fsp3) is 0.708. The van der Waals surface area contributed by atoms with Crippen molar-refractivity contribution in [1.82, 2.24) is 0 Å². The number of rotatable bonds is 7. The van der Waals surface area contributed by atoms with Crippen LogP contribution >= 0.6 is 0 Å². The third kappa shape index (κ3) is 7.45. The van der Waals surface area contributed by atoms with Crippen LogP contribution in [0.15, 0.2) is 12.1 Å². The fourth-order valence-electron chi connectivity index (χ4n) is 3.20. The first kappa shape index (κ1) is 25.7. The molecule has 1 N–H and O–H groups in total. The van der Waals surface area contributed by atoms with Gasteiger partial charge >= 0.3 is 5.97 Å². The Morgan fingerprint density at radius 1 is 1.03 bits per heavy atom. The number of carbonyl (C=O) groups excluding carboxylic acids is 1. The van der Waals surface area contributed by atoms with E-state index in [0.717, 1.165) is 23.1 Å². The SMILES string of the molecule is Cc1cc(O)c(C(C)(C)CCO[Si-](C)(C)C(C)(C)C)c(CC(=O)OC(C)(C)C)c1. The summed E-state index contributed by atoms with van der Waals surface area (Å²) in [6.45, 7) is 23.5. The summed E-state index contributed by atoms with van der Waals surface area (Å²) in [5.41, 5.74) is 1.70. The number of benzene rings is 1. The number of esters is 1. The van der Waals surface area contributed by atoms with E-state index in [4.69, 9.17) is 9.16 Å². The third-order valence-corrected chi connectivity index (χ3v) is 10.3. The molecule has 0 aromatic heterocycles. The quantitative estimate of drug-likeness (QED) is 0.415. The van der Waals surface area contributed by atoms with Crippen molar-refractivity contribution >= 4 is 14.3 Å². The minimum atomic E-state index is -1.83. The molecule has 0 saturated heterocycles. The fourth-order valence-corrected chi connectivity index (χ4v) is 4.24. The van der Waals surface area contributed by atoms with Gasteiger partial charge in [0.15, 0.2) is 0 Å². The number of phenolic OH excluding ortho intramolecular Hbond substituents is 1. The van der Waals surface area contributed by atoms with Gasteiger partial charge in [-0.25, -0.2) is 0 Å². The van der Waals surface area contributed by atoms with E-state index in [-0.39, 0.29) is 28.6 Å². The van der Waals surface area contributed by atoms with Crippen LogP contribution in [0.5, 0.6) is 5.75 Å². The Labute approximate surface area is 179 Å². The molecule has 1 aromatic carbocycles. The van der Waals surface area contributed by atoms with E-state index < -0.39 is 13.9 Å². The summed E-state index contributed by atoms with van der Waals surface area (Å²) in [5, 5.41) is 10.9. The average molecular weight is 423 g/mol. The van der Waals surface area contributed by atoms with Gasteiger partial charge in [-0.2, -0.15) is 0 Å². The molecule has 29 heavy (non-hydrogen) atoms. The van der Waals surface area contributed by atoms with Crippen molar-refractivity contribution < 1.29 is 19.1 Å². The Kier molecular flexibility index (Phi) is 7.80. The Morgan fingerprint density at radius 3 is 2.07 bits per heavy atom. The molecule has 0 aliphatic rings. The molecule has 5 heteroatoms. The van der Waals surface area contributed by atoms with E-state index in [0.29, 0.717) is 6.61 Å². The molecule has 0 aliphatic heterocycles. The highest BCUT2D eigenvalue weighted by molar-refractivity contribution is 6.74. The second kappa shape index (κ2) is 8.81. The Bertz CT molecular complexity index is 722. The van der Waals surface area contributed by atoms with Crippen molar-refractivity contribution in [2.75, 3.05) is 6.61 Å². The maximum Gasteiger partial charge on any atom is 0.310 e. The van der Waals surface area contributed by atoms with Crippen LogP contribution in [0.3, 0.4) is 0 Å². The lowest BCUT2D eigenvalue weighted by Crippen LogP contribution is -2.41. The Morgan fingerprint density at radius 2 is 1.59 bits per heavy atom. The topological polar surface area (TPSA) is 55.8 Å². The van der Waals surface area contributed by atoms with Crippen molar-refractivity contribution in [3.8, 4) is 5.75 Å². The molecule has 0 atom stereocenters. The minimum absolute atomic E-state index is 0.147. The number of hydrogen-bond donors (Lipinski definition) is 1. The molecular weight excluding hydrogens is 380 g/mol. The Hall–Kier alpha value is -1.33. The van der Waals surface area contributed by atoms with Gasteiger partial charge in [-0.3, -0.25) is 4.79 Å². The maximum atomic E-state index is 12.5. The number of phenols is 1. The molecule has 0 fully saturated rings. The largest absolute Gasteiger partial charge is 0.564 e. The molecule has 0 bridgehead atoms. The van der Waals surface area contributed by atoms with Crippen LogP contribution in [0.2, 0.25) is 18.1 Å². The summed E-state index contributed by atoms with van der Waals surface area (Å²) in [7, 11) is -1.83. The average Bonchev–Trinajstić information content (AvgIpc) is 2.41. The number of carbonyl (C=O) groups is 1. The molecule has 0 amide bonds. The molecule has 4 nitrogen and oxygen atoms in total. The predicted octanol–water partition coefficient (Wildman–Crippen LogP) is 6.27. The van der Waals surface area contributed by atoms with Crippen LogP contribution in [-0.4, -0.2) is 31.6 Å². The van der Waals surface area contributed by atoms with E-state index in [1.54, 1.807) is 6.07 Å². The van der Waals surface area contributed by atoms with Crippen LogP contribution in [0, 0.1) is 6.92 Å². The van der Waals surface area contributed by atoms with Crippen LogP contribution in [0.1, 0.15) is 78.5 Å². The smallest absolute Gasteiger partial charge is 0.310 e. The van der Waals surface area contributed by atoms with Crippen LogP contribution in [0.25, 0.3) is 0 Å². The van der Waals surface area contributed by atoms with Gasteiger partial charge in [0.2, 0.25) is 0 Å². The van der Waals surface area contributed by atoms with Gasteiger partial charge in [0.25, 0.3) is 0 Å². The monoisotopic (exact) mass is 422 g/mol. The van der Waals surface area contributed by atoms with Gasteiger partial charge in [0.05, 0.1) is 6.42 Å². The minimum Gasteiger partial charge on any atom is -0.564 e. The molecule has 0 aliphatic carbocycles. The van der Waals surface area contributed by atoms with E-state index in [2.05, 4.69) is 47.7 Å². The number of hydrogen-bond acceptors (Lipinski definition) is 4. The maximum absolute atomic E-state index is 12.5. The summed E-state index contributed by atoms with van der Waals surface area (Å²) < 4.78 is 11.9. The van der Waals surface area contributed by atoms with E-state index in [9.17, 15) is 9.90 Å². The lowest BCUT2D eigenvalue weighted by molar-refractivity contribution is -0.153. The van der Waals surface area contributed by atoms with Gasteiger partial charge in [-0.15, -0.1) is 18.1 Å². The van der Waals surface area contributed by atoms with Crippen molar-refractivity contribution in [3.05, 3.63) is 28.8 Å². The number of aromatic hydroxyl groups is 1. The summed E-state index contributed by atoms with van der Waals surface area (Å²) >= 11 is 0. The van der Waals surface area contributed by atoms with Gasteiger partial charge in [0, 0.05) is 12.2 Å². The van der Waals surface area contributed by atoms with Crippen molar-refractivity contribution in [3.63, 3.8) is 0 Å². The lowest BCUT2D eigenvalue weighted by atomic mass is 9.77. The highest BCUT2D eigenvalue weighted by Gasteiger charge is 2.30. The summed E-state index contributed by atoms with van der Waals surface area (Å²) in [6.07, 6.45) is 0.909. The molecule has 1 rings (SSSR count). The van der Waals surface area contributed by atoms with Gasteiger partial charge in [-0.1, -0.05) is 40.7 Å². The standard InChI is InChI=1S/C24H42O4Si/c1-17-14-18(16-20(26)28-22(2,3)4)21(19(25)15-17)24(8,9)12-13-27-29(10,11)23(5,6)7/h14-15,25H,12-13,16H2,1-11H3/q-1. The summed E-state index contributed by atoms with van der Waals surface area (Å²) in [5.74, 6) is -0.0436. The lowest BCUT2D eigenvalue weighted by Gasteiger charge is -2.49. The molecular formula is C24H42O4Si-. The van der Waals surface area contributed by atoms with Crippen molar-refractivity contribution in [1.29, 1.82) is 0 Å². The number of ether oxygens (including phenoxy) is 1. The van der Waals surface area contributed by atoms with Crippen molar-refractivity contribution in [2.45, 2.75) is 104 Å². The second-order valence-electron chi connectivity index (χ2n) is 11.3. The molecule has 0 saturated carbocycles. The Balaban J connectivity index is 3.10. The predicted molar refractivity (Wildman–Crippen MR) is 123 cm³/mol. The highest BCUT2D eigenvalue weighted by Crippen LogP contribution is 2.40. The number of aryl methyl sites for hydroxylation is 1. The first-order valence-electron chi connectivity index (χ1n) is 10.5. The zero-order valence-electron chi connectivity index (χ0n) is 20.4. The van der Waals surface area contributed by atoms with E-state index in [1.165, 1.54) is 0 Å². The highest BCUT2D eigenvalue weighted by atomic mass is 28.4. The van der Waals surface area contributed by atoms with E-state index in [1.807, 2.05) is 33.8 Å². The molecule has 167 valence electrons. The molecule has 0 unspecified atom stereocenters. The molecule has 0 spiro atoms. The molecule has 0 radical (unpaired) electrons. The zero-order chi connectivity index (χ0) is 22.8.